The molecule has 1 aliphatic carbocycles. The van der Waals surface area contributed by atoms with Crippen LogP contribution in [0, 0.1) is 0 Å². The number of nitrogens with one attached hydrogen (secondary N) is 1. The van der Waals surface area contributed by atoms with Crippen molar-refractivity contribution in [3.8, 4) is 11.6 Å². The van der Waals surface area contributed by atoms with Crippen LogP contribution in [0.5, 0.6) is 5.88 Å². The lowest BCUT2D eigenvalue weighted by atomic mass is 9.88. The summed E-state index contributed by atoms with van der Waals surface area (Å²) in [7, 11) is 2.69. The van der Waals surface area contributed by atoms with E-state index >= 15 is 0 Å². The molecule has 12 heteroatoms. The van der Waals surface area contributed by atoms with E-state index in [-0.39, 0.29) is 28.6 Å². The lowest BCUT2D eigenvalue weighted by molar-refractivity contribution is -0.117. The number of aromatic nitrogens is 6. The van der Waals surface area contributed by atoms with Gasteiger partial charge in [-0.2, -0.15) is 15.2 Å². The first-order valence-electron chi connectivity index (χ1n) is 10.8. The molecule has 4 heterocycles. The van der Waals surface area contributed by atoms with E-state index < -0.39 is 11.9 Å². The second-order valence-corrected chi connectivity index (χ2v) is 9.17. The monoisotopic (exact) mass is 495 g/mol. The highest BCUT2D eigenvalue weighted by Gasteiger charge is 2.43. The van der Waals surface area contributed by atoms with Crippen LogP contribution < -0.4 is 10.1 Å². The maximum absolute atomic E-state index is 13.5. The summed E-state index contributed by atoms with van der Waals surface area (Å²) in [6.07, 6.45) is 5.43. The van der Waals surface area contributed by atoms with Crippen LogP contribution in [-0.2, 0) is 14.9 Å². The number of rotatable bonds is 5. The van der Waals surface area contributed by atoms with E-state index in [0.29, 0.717) is 22.9 Å². The van der Waals surface area contributed by atoms with Gasteiger partial charge in [-0.05, 0) is 18.6 Å². The smallest absolute Gasteiger partial charge is 0.340 e. The van der Waals surface area contributed by atoms with Gasteiger partial charge in [-0.15, -0.1) is 0 Å². The number of pyridine rings is 1. The van der Waals surface area contributed by atoms with Gasteiger partial charge in [0.15, 0.2) is 10.8 Å². The average molecular weight is 496 g/mol. The van der Waals surface area contributed by atoms with Crippen LogP contribution in [0.3, 0.4) is 0 Å². The molecule has 0 aliphatic heterocycles. The van der Waals surface area contributed by atoms with Gasteiger partial charge in [0.05, 0.1) is 31.4 Å². The van der Waals surface area contributed by atoms with E-state index in [9.17, 15) is 9.59 Å². The Balaban J connectivity index is 1.54. The third-order valence-corrected chi connectivity index (χ3v) is 6.26. The summed E-state index contributed by atoms with van der Waals surface area (Å²) in [5, 5.41) is 11.7. The average Bonchev–Trinajstić information content (AvgIpc) is 3.54. The Morgan fingerprint density at radius 3 is 2.74 bits per heavy atom. The molecule has 1 unspecified atom stereocenters. The first-order chi connectivity index (χ1) is 16.7. The molecule has 0 radical (unpaired) electrons. The molecule has 0 saturated heterocycles. The zero-order valence-corrected chi connectivity index (χ0v) is 20.2. The van der Waals surface area contributed by atoms with Crippen molar-refractivity contribution in [3.05, 3.63) is 58.8 Å². The molecule has 11 nitrogen and oxygen atoms in total. The molecular weight excluding hydrogens is 474 g/mol. The minimum Gasteiger partial charge on any atom is -0.479 e. The highest BCUT2D eigenvalue weighted by atomic mass is 35.5. The molecule has 1 atom stereocenters. The predicted molar refractivity (Wildman–Crippen MR) is 126 cm³/mol. The Bertz CT molecular complexity index is 1460. The molecule has 0 bridgehead atoms. The fourth-order valence-corrected chi connectivity index (χ4v) is 4.80. The number of carbonyl (C=O) groups is 2. The van der Waals surface area contributed by atoms with Gasteiger partial charge in [-0.25, -0.2) is 19.0 Å². The van der Waals surface area contributed by atoms with Crippen LogP contribution in [0.4, 0.5) is 5.82 Å². The Morgan fingerprint density at radius 1 is 1.26 bits per heavy atom. The van der Waals surface area contributed by atoms with Crippen LogP contribution >= 0.6 is 11.6 Å². The van der Waals surface area contributed by atoms with Gasteiger partial charge in [-0.1, -0.05) is 25.4 Å². The quantitative estimate of drug-likeness (QED) is 0.418. The Hall–Kier alpha value is -3.99. The summed E-state index contributed by atoms with van der Waals surface area (Å²) >= 11 is 6.10. The Morgan fingerprint density at radius 2 is 2.06 bits per heavy atom. The van der Waals surface area contributed by atoms with E-state index in [1.165, 1.54) is 25.0 Å². The Kier molecular flexibility index (Phi) is 5.43. The van der Waals surface area contributed by atoms with E-state index in [2.05, 4.69) is 25.5 Å². The molecule has 0 fully saturated rings. The fourth-order valence-electron chi connectivity index (χ4n) is 4.62. The largest absolute Gasteiger partial charge is 0.479 e. The van der Waals surface area contributed by atoms with Gasteiger partial charge in [0.25, 0.3) is 0 Å². The number of halogens is 1. The number of hydrogen-bond acceptors (Lipinski definition) is 8. The molecule has 4 aromatic heterocycles. The van der Waals surface area contributed by atoms with Crippen molar-refractivity contribution in [2.24, 2.45) is 0 Å². The van der Waals surface area contributed by atoms with Gasteiger partial charge in [0.1, 0.15) is 11.5 Å². The van der Waals surface area contributed by atoms with Gasteiger partial charge < -0.3 is 14.8 Å². The molecule has 0 saturated carbocycles. The first-order valence-corrected chi connectivity index (χ1v) is 11.1. The number of ether oxygens (including phenoxy) is 2. The summed E-state index contributed by atoms with van der Waals surface area (Å²) in [4.78, 5) is 34.9. The maximum Gasteiger partial charge on any atom is 0.340 e. The number of amides is 1. The van der Waals surface area contributed by atoms with E-state index in [4.69, 9.17) is 21.1 Å². The van der Waals surface area contributed by atoms with E-state index in [0.717, 1.165) is 11.3 Å². The van der Waals surface area contributed by atoms with Crippen molar-refractivity contribution in [1.82, 2.24) is 29.4 Å². The third-order valence-electron chi connectivity index (χ3n) is 6.07. The zero-order valence-electron chi connectivity index (χ0n) is 19.4. The van der Waals surface area contributed by atoms with Crippen molar-refractivity contribution < 1.29 is 19.1 Å². The third kappa shape index (κ3) is 3.77. The van der Waals surface area contributed by atoms with Crippen molar-refractivity contribution in [2.75, 3.05) is 19.5 Å². The van der Waals surface area contributed by atoms with Gasteiger partial charge >= 0.3 is 5.97 Å². The molecule has 0 aromatic carbocycles. The number of hydrogen-bond donors (Lipinski definition) is 1. The molecule has 1 aliphatic rings. The second-order valence-electron chi connectivity index (χ2n) is 8.78. The zero-order chi connectivity index (χ0) is 24.9. The van der Waals surface area contributed by atoms with Crippen LogP contribution in [0.1, 0.15) is 47.8 Å². The summed E-state index contributed by atoms with van der Waals surface area (Å²) in [6.45, 7) is 4.09. The lowest BCUT2D eigenvalue weighted by Gasteiger charge is -2.19. The molecule has 0 spiro atoms. The van der Waals surface area contributed by atoms with Crippen molar-refractivity contribution in [3.63, 3.8) is 0 Å². The molecular formula is C23H22ClN7O4. The highest BCUT2D eigenvalue weighted by Crippen LogP contribution is 2.46. The van der Waals surface area contributed by atoms with Crippen LogP contribution in [0.2, 0.25) is 5.15 Å². The molecule has 35 heavy (non-hydrogen) atoms. The van der Waals surface area contributed by atoms with Gasteiger partial charge in [-0.3, -0.25) is 4.79 Å². The summed E-state index contributed by atoms with van der Waals surface area (Å²) < 4.78 is 13.5. The second kappa shape index (κ2) is 8.35. The SMILES string of the molecule is COC(=O)c1cc(NC(=O)C2CC(C)(C)c3c2cnc2cc(Cl)nn32)nc(OC)c1-n1cccn1. The first kappa shape index (κ1) is 22.8. The minimum atomic E-state index is -0.624. The fraction of sp³-hybridized carbons (Fsp3) is 0.304. The van der Waals surface area contributed by atoms with Crippen LogP contribution in [0.15, 0.2) is 36.8 Å². The standard InChI is InChI=1S/C23H22ClN7O4/c1-23(2)10-13(14-11-25-17-9-15(24)29-31(17)19(14)23)20(32)27-16-8-12(22(33)35-4)18(21(28-16)34-3)30-7-5-6-26-30/h5-9,11,13H,10H2,1-4H3,(H,27,28,32). The van der Waals surface area contributed by atoms with Crippen molar-refractivity contribution >= 4 is 34.9 Å². The predicted octanol–water partition coefficient (Wildman–Crippen LogP) is 3.16. The summed E-state index contributed by atoms with van der Waals surface area (Å²) in [6, 6.07) is 4.82. The van der Waals surface area contributed by atoms with E-state index in [1.807, 2.05) is 13.8 Å². The number of fused-ring (bicyclic) bond motifs is 3. The molecule has 5 rings (SSSR count). The number of carbonyl (C=O) groups excluding carboxylic acids is 2. The normalized spacial score (nSPS) is 16.2. The molecule has 1 amide bonds. The topological polar surface area (TPSA) is 126 Å². The molecule has 4 aromatic rings. The van der Waals surface area contributed by atoms with Crippen LogP contribution in [-0.4, -0.2) is 55.5 Å². The van der Waals surface area contributed by atoms with Crippen molar-refractivity contribution in [1.29, 1.82) is 0 Å². The van der Waals surface area contributed by atoms with Crippen LogP contribution in [0.25, 0.3) is 11.3 Å². The van der Waals surface area contributed by atoms with Gasteiger partial charge in [0.2, 0.25) is 11.8 Å². The number of anilines is 1. The molecule has 180 valence electrons. The number of methoxy groups -OCH3 is 2. The van der Waals surface area contributed by atoms with Crippen molar-refractivity contribution in [2.45, 2.75) is 31.6 Å². The maximum atomic E-state index is 13.5. The number of nitrogens with zero attached hydrogens (tertiary/aromatic N) is 6. The Labute approximate surface area is 205 Å². The lowest BCUT2D eigenvalue weighted by Crippen LogP contribution is -2.23. The highest BCUT2D eigenvalue weighted by molar-refractivity contribution is 6.29. The van der Waals surface area contributed by atoms with Gasteiger partial charge in [0, 0.05) is 35.6 Å². The summed E-state index contributed by atoms with van der Waals surface area (Å²) in [5.41, 5.74) is 2.33. The molecule has 1 N–H and O–H groups in total. The van der Waals surface area contributed by atoms with E-state index in [1.54, 1.807) is 35.2 Å². The minimum absolute atomic E-state index is 0.105. The number of esters is 1. The summed E-state index contributed by atoms with van der Waals surface area (Å²) in [5.74, 6) is -1.19.